The molecule has 0 spiro atoms. The summed E-state index contributed by atoms with van der Waals surface area (Å²) in [7, 11) is -4.13. The second-order valence-electron chi connectivity index (χ2n) is 6.18. The van der Waals surface area contributed by atoms with Crippen LogP contribution < -0.4 is 0 Å². The third-order valence-electron chi connectivity index (χ3n) is 4.43. The fraction of sp³-hybridized carbons (Fsp3) is 0.533. The molecule has 0 amide bonds. The van der Waals surface area contributed by atoms with E-state index in [4.69, 9.17) is 5.11 Å². The topological polar surface area (TPSA) is 74.7 Å². The highest BCUT2D eigenvalue weighted by atomic mass is 32.2. The Morgan fingerprint density at radius 3 is 2.65 bits per heavy atom. The molecule has 1 aliphatic heterocycles. The number of halogens is 2. The van der Waals surface area contributed by atoms with Gasteiger partial charge in [0.1, 0.15) is 0 Å². The molecule has 1 aromatic carbocycles. The first-order chi connectivity index (χ1) is 10.7. The number of carbonyl (C=O) groups is 1. The smallest absolute Gasteiger partial charge is 0.308 e. The number of alkyl halides is 2. The number of aliphatic carboxylic acids is 1. The zero-order chi connectivity index (χ0) is 16.8. The number of hydrogen-bond acceptors (Lipinski definition) is 3. The molecular formula is C15H17F2NO4S. The quantitative estimate of drug-likeness (QED) is 0.908. The molecule has 0 radical (unpaired) electrons. The van der Waals surface area contributed by atoms with E-state index in [1.165, 1.54) is 12.1 Å². The highest BCUT2D eigenvalue weighted by molar-refractivity contribution is 7.89. The van der Waals surface area contributed by atoms with E-state index in [9.17, 15) is 22.0 Å². The summed E-state index contributed by atoms with van der Waals surface area (Å²) < 4.78 is 53.4. The van der Waals surface area contributed by atoms with Crippen molar-refractivity contribution in [2.24, 2.45) is 5.92 Å². The standard InChI is InChI=1S/C15H17F2NO4S/c16-15(17)7-12(14(19)20)8-18(9-15)23(21,22)13-5-4-10-2-1-3-11(10)6-13/h4-6,12H,1-3,7-9H2,(H,19,20). The number of sulfonamides is 1. The van der Waals surface area contributed by atoms with Crippen LogP contribution in [0.15, 0.2) is 23.1 Å². The maximum Gasteiger partial charge on any atom is 0.308 e. The van der Waals surface area contributed by atoms with Gasteiger partial charge in [0.25, 0.3) is 5.92 Å². The van der Waals surface area contributed by atoms with Gasteiger partial charge in [-0.15, -0.1) is 0 Å². The molecule has 2 aliphatic rings. The Morgan fingerprint density at radius 2 is 1.96 bits per heavy atom. The number of fused-ring (bicyclic) bond motifs is 1. The van der Waals surface area contributed by atoms with E-state index in [0.717, 1.165) is 30.4 Å². The summed E-state index contributed by atoms with van der Waals surface area (Å²) in [5.74, 6) is -6.15. The molecule has 0 saturated carbocycles. The minimum Gasteiger partial charge on any atom is -0.481 e. The Hall–Kier alpha value is -1.54. The first-order valence-corrected chi connectivity index (χ1v) is 8.86. The number of rotatable bonds is 3. The van der Waals surface area contributed by atoms with Crippen molar-refractivity contribution in [1.29, 1.82) is 0 Å². The SMILES string of the molecule is O=C(O)C1CN(S(=O)(=O)c2ccc3c(c2)CCC3)CC(F)(F)C1. The molecule has 5 nitrogen and oxygen atoms in total. The van der Waals surface area contributed by atoms with Crippen LogP contribution in [0.3, 0.4) is 0 Å². The fourth-order valence-corrected chi connectivity index (χ4v) is 4.83. The van der Waals surface area contributed by atoms with Crippen LogP contribution in [0, 0.1) is 5.92 Å². The van der Waals surface area contributed by atoms with Gasteiger partial charge in [0.15, 0.2) is 0 Å². The fourth-order valence-electron chi connectivity index (χ4n) is 3.26. The van der Waals surface area contributed by atoms with Crippen LogP contribution in [-0.2, 0) is 27.7 Å². The summed E-state index contributed by atoms with van der Waals surface area (Å²) in [5.41, 5.74) is 2.00. The summed E-state index contributed by atoms with van der Waals surface area (Å²) in [4.78, 5) is 11.0. The lowest BCUT2D eigenvalue weighted by molar-refractivity contribution is -0.150. The average molecular weight is 345 g/mol. The van der Waals surface area contributed by atoms with Gasteiger partial charge in [0.05, 0.1) is 17.4 Å². The molecule has 1 heterocycles. The van der Waals surface area contributed by atoms with Crippen LogP contribution >= 0.6 is 0 Å². The maximum atomic E-state index is 13.8. The van der Waals surface area contributed by atoms with Crippen LogP contribution in [-0.4, -0.2) is 42.8 Å². The molecule has 126 valence electrons. The Morgan fingerprint density at radius 1 is 1.26 bits per heavy atom. The summed E-state index contributed by atoms with van der Waals surface area (Å²) in [6.07, 6.45) is 1.77. The van der Waals surface area contributed by atoms with Gasteiger partial charge >= 0.3 is 5.97 Å². The molecule has 1 saturated heterocycles. The second kappa shape index (κ2) is 5.52. The number of aryl methyl sites for hydroxylation is 2. The van der Waals surface area contributed by atoms with Gasteiger partial charge in [-0.2, -0.15) is 4.31 Å². The van der Waals surface area contributed by atoms with Gasteiger partial charge in [0, 0.05) is 13.0 Å². The van der Waals surface area contributed by atoms with E-state index in [1.807, 2.05) is 0 Å². The first kappa shape index (κ1) is 16.3. The van der Waals surface area contributed by atoms with E-state index in [1.54, 1.807) is 6.07 Å². The van der Waals surface area contributed by atoms with E-state index >= 15 is 0 Å². The first-order valence-electron chi connectivity index (χ1n) is 7.42. The van der Waals surface area contributed by atoms with Gasteiger partial charge < -0.3 is 5.11 Å². The van der Waals surface area contributed by atoms with Gasteiger partial charge in [-0.3, -0.25) is 4.79 Å². The Bertz CT molecular complexity index is 748. The summed E-state index contributed by atoms with van der Waals surface area (Å²) in [5, 5.41) is 9.00. The monoisotopic (exact) mass is 345 g/mol. The largest absolute Gasteiger partial charge is 0.481 e. The molecule has 1 unspecified atom stereocenters. The highest BCUT2D eigenvalue weighted by Crippen LogP contribution is 2.34. The summed E-state index contributed by atoms with van der Waals surface area (Å²) >= 11 is 0. The molecule has 1 N–H and O–H groups in total. The number of nitrogens with zero attached hydrogens (tertiary/aromatic N) is 1. The molecular weight excluding hydrogens is 328 g/mol. The van der Waals surface area contributed by atoms with Crippen LogP contribution in [0.25, 0.3) is 0 Å². The molecule has 0 aromatic heterocycles. The van der Waals surface area contributed by atoms with Crippen molar-refractivity contribution in [2.75, 3.05) is 13.1 Å². The molecule has 3 rings (SSSR count). The predicted octanol–water partition coefficient (Wildman–Crippen LogP) is 1.91. The van der Waals surface area contributed by atoms with Crippen LogP contribution in [0.2, 0.25) is 0 Å². The van der Waals surface area contributed by atoms with E-state index < -0.39 is 47.3 Å². The van der Waals surface area contributed by atoms with Crippen LogP contribution in [0.1, 0.15) is 24.0 Å². The summed E-state index contributed by atoms with van der Waals surface area (Å²) in [6, 6.07) is 4.66. The summed E-state index contributed by atoms with van der Waals surface area (Å²) in [6.45, 7) is -1.40. The minimum absolute atomic E-state index is 0.0417. The predicted molar refractivity (Wildman–Crippen MR) is 77.9 cm³/mol. The van der Waals surface area contributed by atoms with Gasteiger partial charge in [-0.25, -0.2) is 17.2 Å². The number of benzene rings is 1. The normalized spacial score (nSPS) is 24.3. The van der Waals surface area contributed by atoms with Crippen molar-refractivity contribution in [3.8, 4) is 0 Å². The van der Waals surface area contributed by atoms with Crippen molar-refractivity contribution in [2.45, 2.75) is 36.5 Å². The van der Waals surface area contributed by atoms with Gasteiger partial charge in [-0.1, -0.05) is 6.07 Å². The molecule has 0 bridgehead atoms. The number of carboxylic acid groups (broad SMARTS) is 1. The minimum atomic E-state index is -4.13. The maximum absolute atomic E-state index is 13.8. The van der Waals surface area contributed by atoms with Crippen molar-refractivity contribution < 1.29 is 27.1 Å². The molecule has 23 heavy (non-hydrogen) atoms. The second-order valence-corrected chi connectivity index (χ2v) is 8.11. The van der Waals surface area contributed by atoms with E-state index in [2.05, 4.69) is 0 Å². The van der Waals surface area contributed by atoms with Crippen LogP contribution in [0.4, 0.5) is 8.78 Å². The van der Waals surface area contributed by atoms with Crippen LogP contribution in [0.5, 0.6) is 0 Å². The number of hydrogen-bond donors (Lipinski definition) is 1. The number of carboxylic acids is 1. The highest BCUT2D eigenvalue weighted by Gasteiger charge is 2.47. The zero-order valence-electron chi connectivity index (χ0n) is 12.3. The molecule has 8 heteroatoms. The van der Waals surface area contributed by atoms with Gasteiger partial charge in [0.2, 0.25) is 10.0 Å². The number of piperidine rings is 1. The third-order valence-corrected chi connectivity index (χ3v) is 6.24. The lowest BCUT2D eigenvalue weighted by atomic mass is 9.97. The lowest BCUT2D eigenvalue weighted by Gasteiger charge is -2.35. The van der Waals surface area contributed by atoms with Crippen molar-refractivity contribution in [3.05, 3.63) is 29.3 Å². The Balaban J connectivity index is 1.93. The Labute approximate surface area is 133 Å². The average Bonchev–Trinajstić information content (AvgIpc) is 2.92. The molecule has 1 aromatic rings. The third kappa shape index (κ3) is 3.10. The lowest BCUT2D eigenvalue weighted by Crippen LogP contribution is -2.51. The van der Waals surface area contributed by atoms with Crippen molar-refractivity contribution >= 4 is 16.0 Å². The molecule has 1 atom stereocenters. The zero-order valence-corrected chi connectivity index (χ0v) is 13.2. The van der Waals surface area contributed by atoms with Crippen molar-refractivity contribution in [1.82, 2.24) is 4.31 Å². The molecule has 1 fully saturated rings. The van der Waals surface area contributed by atoms with Crippen molar-refractivity contribution in [3.63, 3.8) is 0 Å². The van der Waals surface area contributed by atoms with E-state index in [0.29, 0.717) is 4.31 Å². The van der Waals surface area contributed by atoms with Gasteiger partial charge in [-0.05, 0) is 42.5 Å². The van der Waals surface area contributed by atoms with E-state index in [-0.39, 0.29) is 4.90 Å². The Kier molecular flexibility index (Phi) is 3.92. The molecule has 1 aliphatic carbocycles.